The van der Waals surface area contributed by atoms with Crippen LogP contribution in [0.25, 0.3) is 0 Å². The Morgan fingerprint density at radius 1 is 1.31 bits per heavy atom. The van der Waals surface area contributed by atoms with Gasteiger partial charge >= 0.3 is 6.18 Å². The monoisotopic (exact) mass is 227 g/mol. The molecule has 0 heterocycles. The number of nitrogens with two attached hydrogens (primary N) is 1. The lowest BCUT2D eigenvalue weighted by Crippen LogP contribution is -2.07. The van der Waals surface area contributed by atoms with Gasteiger partial charge in [0.05, 0.1) is 5.56 Å². The average Bonchev–Trinajstić information content (AvgIpc) is 2.16. The molecule has 1 rings (SSSR count). The minimum atomic E-state index is -4.30. The van der Waals surface area contributed by atoms with Gasteiger partial charge in [0.15, 0.2) is 0 Å². The highest BCUT2D eigenvalue weighted by molar-refractivity contribution is 5.41. The van der Waals surface area contributed by atoms with Crippen LogP contribution in [-0.4, -0.2) is 6.54 Å². The van der Waals surface area contributed by atoms with Gasteiger partial charge in [0.1, 0.15) is 0 Å². The molecule has 0 unspecified atom stereocenters. The summed E-state index contributed by atoms with van der Waals surface area (Å²) in [6.45, 7) is 1.88. The van der Waals surface area contributed by atoms with Gasteiger partial charge in [-0.25, -0.2) is 0 Å². The standard InChI is InChI=1S/C12H12F3N/c1-9-8-10(4-2-3-7-16)5-6-11(9)12(13,14)15/h5-6,8H,3,7,16H2,1H3. The predicted octanol–water partition coefficient (Wildman–Crippen LogP) is 2.71. The first-order valence-corrected chi connectivity index (χ1v) is 4.82. The Labute approximate surface area is 92.5 Å². The number of halogens is 3. The number of hydrogen-bond acceptors (Lipinski definition) is 1. The van der Waals surface area contributed by atoms with Crippen molar-refractivity contribution in [3.05, 3.63) is 34.9 Å². The Hall–Kier alpha value is -1.47. The Kier molecular flexibility index (Phi) is 3.97. The molecule has 0 bridgehead atoms. The summed E-state index contributed by atoms with van der Waals surface area (Å²) in [5, 5.41) is 0. The van der Waals surface area contributed by atoms with Crippen molar-refractivity contribution < 1.29 is 13.2 Å². The summed E-state index contributed by atoms with van der Waals surface area (Å²) in [4.78, 5) is 0. The SMILES string of the molecule is Cc1cc(C#CCCN)ccc1C(F)(F)F. The van der Waals surface area contributed by atoms with Crippen molar-refractivity contribution in [2.24, 2.45) is 5.73 Å². The zero-order valence-corrected chi connectivity index (χ0v) is 8.86. The fourth-order valence-electron chi connectivity index (χ4n) is 1.30. The molecule has 86 valence electrons. The molecule has 0 fully saturated rings. The molecule has 0 amide bonds. The second-order valence-electron chi connectivity index (χ2n) is 3.37. The van der Waals surface area contributed by atoms with E-state index >= 15 is 0 Å². The zero-order valence-electron chi connectivity index (χ0n) is 8.86. The van der Waals surface area contributed by atoms with Gasteiger partial charge in [-0.05, 0) is 30.7 Å². The van der Waals surface area contributed by atoms with Crippen molar-refractivity contribution in [2.75, 3.05) is 6.54 Å². The summed E-state index contributed by atoms with van der Waals surface area (Å²) < 4.78 is 37.3. The van der Waals surface area contributed by atoms with E-state index in [9.17, 15) is 13.2 Å². The summed E-state index contributed by atoms with van der Waals surface area (Å²) in [6.07, 6.45) is -3.76. The molecule has 0 aliphatic heterocycles. The van der Waals surface area contributed by atoms with E-state index in [0.29, 0.717) is 18.5 Å². The molecule has 1 aromatic rings. The zero-order chi connectivity index (χ0) is 12.2. The number of alkyl halides is 3. The van der Waals surface area contributed by atoms with Gasteiger partial charge in [-0.1, -0.05) is 11.8 Å². The summed E-state index contributed by atoms with van der Waals surface area (Å²) in [6, 6.07) is 3.87. The van der Waals surface area contributed by atoms with E-state index < -0.39 is 11.7 Å². The third-order valence-corrected chi connectivity index (χ3v) is 2.03. The second-order valence-corrected chi connectivity index (χ2v) is 3.37. The largest absolute Gasteiger partial charge is 0.416 e. The van der Waals surface area contributed by atoms with Crippen molar-refractivity contribution in [2.45, 2.75) is 19.5 Å². The maximum Gasteiger partial charge on any atom is 0.416 e. The highest BCUT2D eigenvalue weighted by Gasteiger charge is 2.31. The van der Waals surface area contributed by atoms with Crippen LogP contribution in [0.4, 0.5) is 13.2 Å². The normalized spacial score (nSPS) is 10.8. The van der Waals surface area contributed by atoms with E-state index in [4.69, 9.17) is 5.73 Å². The van der Waals surface area contributed by atoms with E-state index in [1.165, 1.54) is 19.1 Å². The van der Waals surface area contributed by atoms with E-state index in [1.54, 1.807) is 0 Å². The molecule has 0 aliphatic carbocycles. The van der Waals surface area contributed by atoms with Crippen LogP contribution >= 0.6 is 0 Å². The van der Waals surface area contributed by atoms with Crippen LogP contribution in [0.15, 0.2) is 18.2 Å². The van der Waals surface area contributed by atoms with Gasteiger partial charge in [0, 0.05) is 18.5 Å². The molecule has 0 radical (unpaired) electrons. The average molecular weight is 227 g/mol. The minimum Gasteiger partial charge on any atom is -0.330 e. The summed E-state index contributed by atoms with van der Waals surface area (Å²) in [7, 11) is 0. The van der Waals surface area contributed by atoms with Crippen molar-refractivity contribution in [3.63, 3.8) is 0 Å². The molecule has 0 spiro atoms. The van der Waals surface area contributed by atoms with Gasteiger partial charge in [0.2, 0.25) is 0 Å². The maximum atomic E-state index is 12.4. The number of hydrogen-bond donors (Lipinski definition) is 1. The molecular weight excluding hydrogens is 215 g/mol. The molecule has 0 aromatic heterocycles. The maximum absolute atomic E-state index is 12.4. The Bertz CT molecular complexity index is 424. The highest BCUT2D eigenvalue weighted by atomic mass is 19.4. The number of rotatable bonds is 1. The van der Waals surface area contributed by atoms with Crippen molar-refractivity contribution in [3.8, 4) is 11.8 Å². The molecule has 0 atom stereocenters. The van der Waals surface area contributed by atoms with Crippen LogP contribution in [0.5, 0.6) is 0 Å². The molecule has 0 saturated carbocycles. The fourth-order valence-corrected chi connectivity index (χ4v) is 1.30. The Balaban J connectivity index is 2.97. The smallest absolute Gasteiger partial charge is 0.330 e. The topological polar surface area (TPSA) is 26.0 Å². The first kappa shape index (κ1) is 12.6. The van der Waals surface area contributed by atoms with Crippen LogP contribution in [0, 0.1) is 18.8 Å². The van der Waals surface area contributed by atoms with E-state index in [2.05, 4.69) is 11.8 Å². The second kappa shape index (κ2) is 5.04. The van der Waals surface area contributed by atoms with Crippen molar-refractivity contribution in [1.29, 1.82) is 0 Å². The van der Waals surface area contributed by atoms with Gasteiger partial charge in [-0.15, -0.1) is 0 Å². The molecular formula is C12H12F3N. The highest BCUT2D eigenvalue weighted by Crippen LogP contribution is 2.31. The molecule has 16 heavy (non-hydrogen) atoms. The lowest BCUT2D eigenvalue weighted by molar-refractivity contribution is -0.138. The Morgan fingerprint density at radius 2 is 2.00 bits per heavy atom. The van der Waals surface area contributed by atoms with E-state index in [1.807, 2.05) is 0 Å². The molecule has 0 saturated heterocycles. The molecule has 1 aromatic carbocycles. The van der Waals surface area contributed by atoms with Crippen LogP contribution in [0.1, 0.15) is 23.1 Å². The first-order valence-electron chi connectivity index (χ1n) is 4.82. The van der Waals surface area contributed by atoms with Crippen LogP contribution in [0.3, 0.4) is 0 Å². The quantitative estimate of drug-likeness (QED) is 0.733. The predicted molar refractivity (Wildman–Crippen MR) is 56.7 cm³/mol. The summed E-state index contributed by atoms with van der Waals surface area (Å²) in [5.74, 6) is 5.55. The third kappa shape index (κ3) is 3.28. The van der Waals surface area contributed by atoms with Crippen LogP contribution in [-0.2, 0) is 6.18 Å². The first-order chi connectivity index (χ1) is 7.45. The Morgan fingerprint density at radius 3 is 2.50 bits per heavy atom. The molecule has 2 N–H and O–H groups in total. The molecule has 4 heteroatoms. The third-order valence-electron chi connectivity index (χ3n) is 2.03. The summed E-state index contributed by atoms with van der Waals surface area (Å²) >= 11 is 0. The van der Waals surface area contributed by atoms with Crippen molar-refractivity contribution in [1.82, 2.24) is 0 Å². The number of benzene rings is 1. The molecule has 0 aliphatic rings. The lowest BCUT2D eigenvalue weighted by Gasteiger charge is -2.09. The van der Waals surface area contributed by atoms with Gasteiger partial charge < -0.3 is 5.73 Å². The van der Waals surface area contributed by atoms with Gasteiger partial charge in [0.25, 0.3) is 0 Å². The minimum absolute atomic E-state index is 0.187. The van der Waals surface area contributed by atoms with Crippen LogP contribution in [0.2, 0.25) is 0 Å². The van der Waals surface area contributed by atoms with E-state index in [0.717, 1.165) is 6.07 Å². The fraction of sp³-hybridized carbons (Fsp3) is 0.333. The van der Waals surface area contributed by atoms with E-state index in [-0.39, 0.29) is 5.56 Å². The van der Waals surface area contributed by atoms with Crippen molar-refractivity contribution >= 4 is 0 Å². The summed E-state index contributed by atoms with van der Waals surface area (Å²) in [5.41, 5.74) is 5.41. The lowest BCUT2D eigenvalue weighted by atomic mass is 10.0. The molecule has 1 nitrogen and oxygen atoms in total. The van der Waals surface area contributed by atoms with Gasteiger partial charge in [-0.3, -0.25) is 0 Å². The van der Waals surface area contributed by atoms with Crippen LogP contribution < -0.4 is 5.73 Å². The van der Waals surface area contributed by atoms with Gasteiger partial charge in [-0.2, -0.15) is 13.2 Å². The number of aryl methyl sites for hydroxylation is 1.